The van der Waals surface area contributed by atoms with Gasteiger partial charge < -0.3 is 9.84 Å². The van der Waals surface area contributed by atoms with Crippen LogP contribution in [0.3, 0.4) is 0 Å². The van der Waals surface area contributed by atoms with Gasteiger partial charge in [0, 0.05) is 13.5 Å². The van der Waals surface area contributed by atoms with Crippen LogP contribution in [0.2, 0.25) is 0 Å². The monoisotopic (exact) mass is 350 g/mol. The molecule has 1 saturated carbocycles. The first kappa shape index (κ1) is 20.5. The Balaban J connectivity index is 2.23. The molecule has 0 bridgehead atoms. The van der Waals surface area contributed by atoms with Crippen molar-refractivity contribution in [3.05, 3.63) is 11.6 Å². The lowest BCUT2D eigenvalue weighted by Gasteiger charge is -2.57. The number of carbonyl (C=O) groups excluding carboxylic acids is 1. The fourth-order valence-corrected chi connectivity index (χ4v) is 5.68. The van der Waals surface area contributed by atoms with Crippen LogP contribution in [0.15, 0.2) is 11.6 Å². The van der Waals surface area contributed by atoms with E-state index in [2.05, 4.69) is 33.8 Å². The maximum Gasteiger partial charge on any atom is 0.302 e. The Morgan fingerprint density at radius 1 is 1.32 bits per heavy atom. The third-order valence-electron chi connectivity index (χ3n) is 7.15. The predicted molar refractivity (Wildman–Crippen MR) is 102 cm³/mol. The lowest BCUT2D eigenvalue weighted by Crippen LogP contribution is -2.49. The van der Waals surface area contributed by atoms with E-state index in [-0.39, 0.29) is 12.6 Å². The van der Waals surface area contributed by atoms with E-state index < -0.39 is 0 Å². The minimum atomic E-state index is -0.190. The first-order valence-corrected chi connectivity index (χ1v) is 10.1. The molecule has 0 amide bonds. The summed E-state index contributed by atoms with van der Waals surface area (Å²) in [6.45, 7) is 11.8. The minimum absolute atomic E-state index is 0.190. The average molecular weight is 351 g/mol. The van der Waals surface area contributed by atoms with Crippen LogP contribution in [0.5, 0.6) is 0 Å². The van der Waals surface area contributed by atoms with Gasteiger partial charge in [0.15, 0.2) is 0 Å². The molecule has 2 aliphatic rings. The largest absolute Gasteiger partial charge is 0.461 e. The molecule has 0 aliphatic heterocycles. The van der Waals surface area contributed by atoms with E-state index in [0.717, 1.165) is 25.7 Å². The molecule has 0 spiro atoms. The molecule has 3 nitrogen and oxygen atoms in total. The second-order valence-electron chi connectivity index (χ2n) is 9.44. The number of rotatable bonds is 7. The Bertz CT molecular complexity index is 494. The summed E-state index contributed by atoms with van der Waals surface area (Å²) >= 11 is 0. The molecular weight excluding hydrogens is 312 g/mol. The Morgan fingerprint density at radius 3 is 2.68 bits per heavy atom. The quantitative estimate of drug-likeness (QED) is 0.511. The molecule has 4 atom stereocenters. The molecule has 0 aromatic carbocycles. The fraction of sp³-hybridized carbons (Fsp3) is 0.864. The van der Waals surface area contributed by atoms with Crippen LogP contribution >= 0.6 is 0 Å². The van der Waals surface area contributed by atoms with E-state index in [4.69, 9.17) is 4.74 Å². The van der Waals surface area contributed by atoms with Gasteiger partial charge in [-0.15, -0.1) is 0 Å². The highest BCUT2D eigenvalue weighted by Crippen LogP contribution is 2.60. The SMILES string of the molecule is CC(=O)OCC1=CC[C@H]2C(C)(C)CCC[C@]2(C)[C@H]1CC[C@H](C)CCO. The van der Waals surface area contributed by atoms with Crippen LogP contribution in [-0.4, -0.2) is 24.3 Å². The van der Waals surface area contributed by atoms with E-state index in [9.17, 15) is 9.90 Å². The highest BCUT2D eigenvalue weighted by Gasteiger charge is 2.52. The number of fused-ring (bicyclic) bond motifs is 1. The number of ether oxygens (including phenoxy) is 1. The number of hydrogen-bond acceptors (Lipinski definition) is 3. The Hall–Kier alpha value is -0.830. The van der Waals surface area contributed by atoms with E-state index in [1.54, 1.807) is 0 Å². The van der Waals surface area contributed by atoms with Crippen LogP contribution in [0.25, 0.3) is 0 Å². The van der Waals surface area contributed by atoms with Gasteiger partial charge in [-0.05, 0) is 66.3 Å². The third-order valence-corrected chi connectivity index (χ3v) is 7.15. The zero-order valence-corrected chi connectivity index (χ0v) is 16.9. The Kier molecular flexibility index (Phi) is 6.75. The molecule has 144 valence electrons. The summed E-state index contributed by atoms with van der Waals surface area (Å²) in [5.41, 5.74) is 2.01. The molecule has 0 unspecified atom stereocenters. The average Bonchev–Trinajstić information content (AvgIpc) is 2.50. The van der Waals surface area contributed by atoms with Gasteiger partial charge in [-0.3, -0.25) is 4.79 Å². The summed E-state index contributed by atoms with van der Waals surface area (Å²) in [5.74, 6) is 1.55. The van der Waals surface area contributed by atoms with Crippen molar-refractivity contribution in [3.63, 3.8) is 0 Å². The van der Waals surface area contributed by atoms with Gasteiger partial charge >= 0.3 is 5.97 Å². The molecule has 2 rings (SSSR count). The molecule has 2 aliphatic carbocycles. The highest BCUT2D eigenvalue weighted by molar-refractivity contribution is 5.66. The van der Waals surface area contributed by atoms with E-state index in [0.29, 0.717) is 35.2 Å². The third kappa shape index (κ3) is 4.67. The van der Waals surface area contributed by atoms with Gasteiger partial charge in [0.05, 0.1) is 0 Å². The normalized spacial score (nSPS) is 32.5. The van der Waals surface area contributed by atoms with Crippen molar-refractivity contribution in [1.82, 2.24) is 0 Å². The van der Waals surface area contributed by atoms with Gasteiger partial charge in [-0.2, -0.15) is 0 Å². The first-order chi connectivity index (χ1) is 11.7. The van der Waals surface area contributed by atoms with Crippen LogP contribution < -0.4 is 0 Å². The van der Waals surface area contributed by atoms with Gasteiger partial charge in [-0.1, -0.05) is 46.6 Å². The summed E-state index contributed by atoms with van der Waals surface area (Å²) in [6, 6.07) is 0. The summed E-state index contributed by atoms with van der Waals surface area (Å²) in [6.07, 6.45) is 10.5. The van der Waals surface area contributed by atoms with E-state index in [1.807, 2.05) is 0 Å². The molecule has 0 aromatic rings. The van der Waals surface area contributed by atoms with Gasteiger partial charge in [-0.25, -0.2) is 0 Å². The van der Waals surface area contributed by atoms with Crippen molar-refractivity contribution < 1.29 is 14.6 Å². The molecule has 3 heteroatoms. The fourth-order valence-electron chi connectivity index (χ4n) is 5.68. The van der Waals surface area contributed by atoms with Crippen LogP contribution in [0, 0.1) is 28.6 Å². The van der Waals surface area contributed by atoms with E-state index in [1.165, 1.54) is 31.8 Å². The minimum Gasteiger partial charge on any atom is -0.461 e. The van der Waals surface area contributed by atoms with Gasteiger partial charge in [0.1, 0.15) is 6.61 Å². The standard InChI is InChI=1S/C22H38O3/c1-16(11-14-23)7-9-19-18(15-25-17(2)24)8-10-20-21(3,4)12-6-13-22(19,20)5/h8,16,19-20,23H,6-7,9-15H2,1-5H3/t16-,19-,20-,22+/m0/s1. The van der Waals surface area contributed by atoms with E-state index >= 15 is 0 Å². The highest BCUT2D eigenvalue weighted by atomic mass is 16.5. The predicted octanol–water partition coefficient (Wildman–Crippen LogP) is 5.13. The molecule has 1 fully saturated rings. The molecule has 0 heterocycles. The molecule has 25 heavy (non-hydrogen) atoms. The Labute approximate surface area is 154 Å². The topological polar surface area (TPSA) is 46.5 Å². The number of esters is 1. The zero-order valence-electron chi connectivity index (χ0n) is 16.9. The van der Waals surface area contributed by atoms with Crippen molar-refractivity contribution >= 4 is 5.97 Å². The zero-order chi connectivity index (χ0) is 18.7. The molecular formula is C22H38O3. The number of allylic oxidation sites excluding steroid dienone is 1. The Morgan fingerprint density at radius 2 is 2.04 bits per heavy atom. The first-order valence-electron chi connectivity index (χ1n) is 10.1. The summed E-state index contributed by atoms with van der Waals surface area (Å²) in [7, 11) is 0. The summed E-state index contributed by atoms with van der Waals surface area (Å²) in [4.78, 5) is 11.3. The maximum atomic E-state index is 11.3. The molecule has 0 radical (unpaired) electrons. The molecule has 0 aromatic heterocycles. The van der Waals surface area contributed by atoms with Crippen molar-refractivity contribution in [3.8, 4) is 0 Å². The number of aliphatic hydroxyl groups is 1. The smallest absolute Gasteiger partial charge is 0.302 e. The van der Waals surface area contributed by atoms with Crippen molar-refractivity contribution in [1.29, 1.82) is 0 Å². The lowest BCUT2D eigenvalue weighted by atomic mass is 9.48. The molecule has 0 saturated heterocycles. The number of carbonyl (C=O) groups is 1. The number of hydrogen-bond donors (Lipinski definition) is 1. The molecule has 1 N–H and O–H groups in total. The summed E-state index contributed by atoms with van der Waals surface area (Å²) in [5, 5.41) is 9.21. The lowest BCUT2D eigenvalue weighted by molar-refractivity contribution is -0.140. The van der Waals surface area contributed by atoms with Gasteiger partial charge in [0.2, 0.25) is 0 Å². The maximum absolute atomic E-state index is 11.3. The second kappa shape index (κ2) is 8.24. The van der Waals surface area contributed by atoms with Gasteiger partial charge in [0.25, 0.3) is 0 Å². The van der Waals surface area contributed by atoms with Crippen molar-refractivity contribution in [2.45, 2.75) is 79.6 Å². The van der Waals surface area contributed by atoms with Crippen LogP contribution in [0.1, 0.15) is 79.6 Å². The van der Waals surface area contributed by atoms with Crippen LogP contribution in [0.4, 0.5) is 0 Å². The van der Waals surface area contributed by atoms with Crippen molar-refractivity contribution in [2.24, 2.45) is 28.6 Å². The number of aliphatic hydroxyl groups excluding tert-OH is 1. The summed E-state index contributed by atoms with van der Waals surface area (Å²) < 4.78 is 5.40. The van der Waals surface area contributed by atoms with Crippen LogP contribution in [-0.2, 0) is 9.53 Å². The second-order valence-corrected chi connectivity index (χ2v) is 9.44. The van der Waals surface area contributed by atoms with Crippen molar-refractivity contribution in [2.75, 3.05) is 13.2 Å².